The molecule has 0 spiro atoms. The Morgan fingerprint density at radius 3 is 3.07 bits per heavy atom. The zero-order chi connectivity index (χ0) is 18.1. The Bertz CT molecular complexity index is 1110. The molecule has 27 heavy (non-hydrogen) atoms. The third-order valence-electron chi connectivity index (χ3n) is 4.50. The van der Waals surface area contributed by atoms with Crippen molar-refractivity contribution in [2.24, 2.45) is 0 Å². The van der Waals surface area contributed by atoms with Gasteiger partial charge in [-0.05, 0) is 48.9 Å². The standard InChI is InChI=1S/C20H18N6O/c1-7-21-17-11-13(2-5-18(17)27-9-1)20-22-8-6-19(25-20)24-15-3-4-16-14(10-15)12-23-26-16/h2-6,8,10-12,21H,1,7,9H2,(H,23,26)(H,22,24,25). The van der Waals surface area contributed by atoms with E-state index in [0.717, 1.165) is 59.0 Å². The van der Waals surface area contributed by atoms with Gasteiger partial charge in [-0.2, -0.15) is 5.10 Å². The Kier molecular flexibility index (Phi) is 3.82. The zero-order valence-electron chi connectivity index (χ0n) is 14.6. The molecule has 0 atom stereocenters. The molecule has 134 valence electrons. The molecule has 3 heterocycles. The fourth-order valence-corrected chi connectivity index (χ4v) is 3.15. The van der Waals surface area contributed by atoms with E-state index in [9.17, 15) is 0 Å². The maximum Gasteiger partial charge on any atom is 0.161 e. The number of nitrogens with zero attached hydrogens (tertiary/aromatic N) is 3. The summed E-state index contributed by atoms with van der Waals surface area (Å²) in [4.78, 5) is 9.09. The highest BCUT2D eigenvalue weighted by molar-refractivity contribution is 5.82. The summed E-state index contributed by atoms with van der Waals surface area (Å²) in [5.74, 6) is 2.28. The lowest BCUT2D eigenvalue weighted by Gasteiger charge is -2.10. The summed E-state index contributed by atoms with van der Waals surface area (Å²) in [6.07, 6.45) is 4.55. The van der Waals surface area contributed by atoms with Crippen molar-refractivity contribution in [2.45, 2.75) is 6.42 Å². The van der Waals surface area contributed by atoms with Crippen molar-refractivity contribution in [3.8, 4) is 17.1 Å². The number of hydrogen-bond donors (Lipinski definition) is 3. The fraction of sp³-hybridized carbons (Fsp3) is 0.150. The first-order valence-electron chi connectivity index (χ1n) is 8.89. The first-order chi connectivity index (χ1) is 13.3. The lowest BCUT2D eigenvalue weighted by Crippen LogP contribution is -2.00. The van der Waals surface area contributed by atoms with Crippen LogP contribution in [0.4, 0.5) is 17.2 Å². The molecular formula is C20H18N6O. The van der Waals surface area contributed by atoms with Crippen LogP contribution in [0.25, 0.3) is 22.3 Å². The molecule has 4 aromatic rings. The van der Waals surface area contributed by atoms with Crippen LogP contribution in [0, 0.1) is 0 Å². The second-order valence-corrected chi connectivity index (χ2v) is 6.40. The predicted octanol–water partition coefficient (Wildman–Crippen LogP) is 3.96. The number of H-pyrrole nitrogens is 1. The quantitative estimate of drug-likeness (QED) is 0.514. The van der Waals surface area contributed by atoms with Crippen LogP contribution in [0.1, 0.15) is 6.42 Å². The highest BCUT2D eigenvalue weighted by atomic mass is 16.5. The van der Waals surface area contributed by atoms with E-state index in [2.05, 4.69) is 30.8 Å². The first kappa shape index (κ1) is 15.6. The van der Waals surface area contributed by atoms with Gasteiger partial charge >= 0.3 is 0 Å². The van der Waals surface area contributed by atoms with Crippen molar-refractivity contribution in [3.63, 3.8) is 0 Å². The van der Waals surface area contributed by atoms with Crippen molar-refractivity contribution in [1.29, 1.82) is 0 Å². The largest absolute Gasteiger partial charge is 0.491 e. The van der Waals surface area contributed by atoms with Gasteiger partial charge in [0.1, 0.15) is 11.6 Å². The fourth-order valence-electron chi connectivity index (χ4n) is 3.15. The Labute approximate surface area is 155 Å². The second-order valence-electron chi connectivity index (χ2n) is 6.40. The lowest BCUT2D eigenvalue weighted by molar-refractivity contribution is 0.323. The van der Waals surface area contributed by atoms with Crippen LogP contribution in [0.5, 0.6) is 5.75 Å². The Hall–Kier alpha value is -3.61. The average Bonchev–Trinajstić information content (AvgIpc) is 3.04. The number of rotatable bonds is 3. The summed E-state index contributed by atoms with van der Waals surface area (Å²) in [7, 11) is 0. The van der Waals surface area contributed by atoms with E-state index in [1.807, 2.05) is 42.5 Å². The molecule has 3 N–H and O–H groups in total. The van der Waals surface area contributed by atoms with Gasteiger partial charge in [0.25, 0.3) is 0 Å². The lowest BCUT2D eigenvalue weighted by atomic mass is 10.1. The monoisotopic (exact) mass is 358 g/mol. The molecule has 7 nitrogen and oxygen atoms in total. The van der Waals surface area contributed by atoms with E-state index in [1.54, 1.807) is 12.4 Å². The van der Waals surface area contributed by atoms with E-state index in [4.69, 9.17) is 4.74 Å². The molecule has 0 bridgehead atoms. The van der Waals surface area contributed by atoms with Gasteiger partial charge in [-0.25, -0.2) is 9.97 Å². The van der Waals surface area contributed by atoms with Crippen LogP contribution in [0.15, 0.2) is 54.9 Å². The SMILES string of the molecule is c1cc(Nc2ccc3[nH]ncc3c2)nc(-c2ccc3c(c2)NCCCO3)n1. The molecule has 7 heteroatoms. The minimum absolute atomic E-state index is 0.665. The van der Waals surface area contributed by atoms with Gasteiger partial charge in [-0.1, -0.05) is 0 Å². The highest BCUT2D eigenvalue weighted by Gasteiger charge is 2.11. The summed E-state index contributed by atoms with van der Waals surface area (Å²) in [6, 6.07) is 13.9. The van der Waals surface area contributed by atoms with Crippen LogP contribution >= 0.6 is 0 Å². The molecule has 2 aromatic heterocycles. The molecule has 2 aromatic carbocycles. The van der Waals surface area contributed by atoms with Crippen LogP contribution in [0.2, 0.25) is 0 Å². The molecule has 1 aliphatic rings. The number of ether oxygens (including phenoxy) is 1. The third kappa shape index (κ3) is 3.15. The molecule has 0 saturated carbocycles. The molecule has 0 amide bonds. The van der Waals surface area contributed by atoms with Gasteiger partial charge in [-0.15, -0.1) is 0 Å². The molecule has 5 rings (SSSR count). The Morgan fingerprint density at radius 2 is 2.07 bits per heavy atom. The number of hydrogen-bond acceptors (Lipinski definition) is 6. The maximum absolute atomic E-state index is 5.75. The second kappa shape index (κ2) is 6.60. The third-order valence-corrected chi connectivity index (χ3v) is 4.50. The Balaban J connectivity index is 1.44. The molecule has 0 aliphatic carbocycles. The van der Waals surface area contributed by atoms with Gasteiger partial charge < -0.3 is 15.4 Å². The van der Waals surface area contributed by atoms with Crippen molar-refractivity contribution >= 4 is 28.1 Å². The molecule has 0 unspecified atom stereocenters. The van der Waals surface area contributed by atoms with Crippen LogP contribution in [-0.2, 0) is 0 Å². The number of anilines is 3. The molecular weight excluding hydrogens is 340 g/mol. The Morgan fingerprint density at radius 1 is 1.07 bits per heavy atom. The van der Waals surface area contributed by atoms with Crippen LogP contribution < -0.4 is 15.4 Å². The summed E-state index contributed by atoms with van der Waals surface area (Å²) in [6.45, 7) is 1.63. The zero-order valence-corrected chi connectivity index (χ0v) is 14.6. The summed E-state index contributed by atoms with van der Waals surface area (Å²) in [5.41, 5.74) is 3.88. The summed E-state index contributed by atoms with van der Waals surface area (Å²) < 4.78 is 5.75. The number of fused-ring (bicyclic) bond motifs is 2. The first-order valence-corrected chi connectivity index (χ1v) is 8.89. The molecule has 0 fully saturated rings. The normalized spacial score (nSPS) is 13.3. The summed E-state index contributed by atoms with van der Waals surface area (Å²) >= 11 is 0. The number of aromatic amines is 1. The molecule has 0 saturated heterocycles. The van der Waals surface area contributed by atoms with Gasteiger partial charge in [0.15, 0.2) is 5.82 Å². The van der Waals surface area contributed by atoms with E-state index in [1.165, 1.54) is 0 Å². The van der Waals surface area contributed by atoms with Crippen molar-refractivity contribution in [3.05, 3.63) is 54.9 Å². The molecule has 1 aliphatic heterocycles. The van der Waals surface area contributed by atoms with Gasteiger partial charge in [0.2, 0.25) is 0 Å². The van der Waals surface area contributed by atoms with E-state index in [-0.39, 0.29) is 0 Å². The van der Waals surface area contributed by atoms with Crippen LogP contribution in [0.3, 0.4) is 0 Å². The topological polar surface area (TPSA) is 87.8 Å². The van der Waals surface area contributed by atoms with Crippen molar-refractivity contribution in [2.75, 3.05) is 23.8 Å². The number of benzene rings is 2. The highest BCUT2D eigenvalue weighted by Crippen LogP contribution is 2.31. The van der Waals surface area contributed by atoms with Crippen molar-refractivity contribution < 1.29 is 4.74 Å². The smallest absolute Gasteiger partial charge is 0.161 e. The average molecular weight is 358 g/mol. The maximum atomic E-state index is 5.75. The van der Waals surface area contributed by atoms with Gasteiger partial charge in [-0.3, -0.25) is 5.10 Å². The van der Waals surface area contributed by atoms with E-state index >= 15 is 0 Å². The summed E-state index contributed by atoms with van der Waals surface area (Å²) in [5, 5.41) is 14.8. The van der Waals surface area contributed by atoms with Crippen molar-refractivity contribution in [1.82, 2.24) is 20.2 Å². The van der Waals surface area contributed by atoms with E-state index < -0.39 is 0 Å². The van der Waals surface area contributed by atoms with E-state index in [0.29, 0.717) is 5.82 Å². The minimum atomic E-state index is 0.665. The minimum Gasteiger partial charge on any atom is -0.491 e. The van der Waals surface area contributed by atoms with Gasteiger partial charge in [0, 0.05) is 29.4 Å². The predicted molar refractivity (Wildman–Crippen MR) is 105 cm³/mol. The number of aromatic nitrogens is 4. The van der Waals surface area contributed by atoms with Gasteiger partial charge in [0.05, 0.1) is 24.0 Å². The number of nitrogens with one attached hydrogen (secondary N) is 3. The van der Waals surface area contributed by atoms with Crippen LogP contribution in [-0.4, -0.2) is 33.3 Å². The molecule has 0 radical (unpaired) electrons.